The zero-order valence-corrected chi connectivity index (χ0v) is 14.0. The van der Waals surface area contributed by atoms with Crippen molar-refractivity contribution in [2.75, 3.05) is 6.54 Å². The number of nitrogens with one attached hydrogen (secondary N) is 2. The highest BCUT2D eigenvalue weighted by molar-refractivity contribution is 9.10. The minimum Gasteiger partial charge on any atom is -0.350 e. The lowest BCUT2D eigenvalue weighted by atomic mass is 9.95. The summed E-state index contributed by atoms with van der Waals surface area (Å²) in [5, 5.41) is 14.7. The first kappa shape index (κ1) is 15.8. The fourth-order valence-corrected chi connectivity index (χ4v) is 3.85. The summed E-state index contributed by atoms with van der Waals surface area (Å²) in [6.07, 6.45) is 4.98. The van der Waals surface area contributed by atoms with Gasteiger partial charge in [0.15, 0.2) is 6.19 Å². The summed E-state index contributed by atoms with van der Waals surface area (Å²) >= 11 is 3.31. The summed E-state index contributed by atoms with van der Waals surface area (Å²) in [6, 6.07) is 7.36. The van der Waals surface area contributed by atoms with Crippen molar-refractivity contribution >= 4 is 27.7 Å². The number of carbonyl (C=O) groups is 2. The second-order valence-electron chi connectivity index (χ2n) is 5.91. The third-order valence-corrected chi connectivity index (χ3v) is 4.99. The van der Waals surface area contributed by atoms with E-state index in [4.69, 9.17) is 5.26 Å². The standard InChI is InChI=1S/C16H17BrN4O2/c17-11-3-1-2-10(6-11)16(23)19-8-15(22)20-13-7-12-4-5-14(13)21(12)9-18/h1-3,6,12-14H,4-5,7-8H2,(H,19,23)(H,20,22)/t12-,13+,14+/m0/s1. The van der Waals surface area contributed by atoms with E-state index in [0.717, 1.165) is 23.7 Å². The van der Waals surface area contributed by atoms with Crippen molar-refractivity contribution in [1.29, 1.82) is 5.26 Å². The first-order valence-electron chi connectivity index (χ1n) is 7.59. The minimum absolute atomic E-state index is 0.00340. The molecule has 7 heteroatoms. The summed E-state index contributed by atoms with van der Waals surface area (Å²) < 4.78 is 0.813. The van der Waals surface area contributed by atoms with Gasteiger partial charge in [-0.2, -0.15) is 5.26 Å². The Labute approximate surface area is 143 Å². The highest BCUT2D eigenvalue weighted by atomic mass is 79.9. The molecule has 0 aliphatic carbocycles. The minimum atomic E-state index is -0.284. The van der Waals surface area contributed by atoms with E-state index in [1.54, 1.807) is 23.1 Å². The highest BCUT2D eigenvalue weighted by Crippen LogP contribution is 2.36. The van der Waals surface area contributed by atoms with Crippen molar-refractivity contribution in [3.8, 4) is 6.19 Å². The van der Waals surface area contributed by atoms with Crippen LogP contribution in [0.1, 0.15) is 29.6 Å². The Morgan fingerprint density at radius 3 is 2.91 bits per heavy atom. The van der Waals surface area contributed by atoms with Crippen molar-refractivity contribution in [2.45, 2.75) is 37.4 Å². The number of amides is 2. The summed E-state index contributed by atoms with van der Waals surface area (Å²) in [7, 11) is 0. The molecule has 2 bridgehead atoms. The van der Waals surface area contributed by atoms with Gasteiger partial charge in [0.1, 0.15) is 0 Å². The first-order chi connectivity index (χ1) is 11.1. The number of halogens is 1. The van der Waals surface area contributed by atoms with E-state index in [0.29, 0.717) is 5.56 Å². The molecule has 23 heavy (non-hydrogen) atoms. The van der Waals surface area contributed by atoms with Crippen molar-refractivity contribution in [2.24, 2.45) is 0 Å². The Morgan fingerprint density at radius 1 is 1.39 bits per heavy atom. The van der Waals surface area contributed by atoms with Crippen LogP contribution in [0.4, 0.5) is 0 Å². The molecule has 6 nitrogen and oxygen atoms in total. The van der Waals surface area contributed by atoms with Gasteiger partial charge in [-0.15, -0.1) is 0 Å². The maximum Gasteiger partial charge on any atom is 0.251 e. The fourth-order valence-electron chi connectivity index (χ4n) is 3.45. The normalized spacial score (nSPS) is 25.0. The molecule has 0 unspecified atom stereocenters. The molecule has 0 radical (unpaired) electrons. The summed E-state index contributed by atoms with van der Waals surface area (Å²) in [5.74, 6) is -0.503. The van der Waals surface area contributed by atoms with Crippen molar-refractivity contribution in [3.63, 3.8) is 0 Å². The summed E-state index contributed by atoms with van der Waals surface area (Å²) in [6.45, 7) is -0.0637. The molecule has 2 aliphatic heterocycles. The Kier molecular flexibility index (Phi) is 4.53. The molecule has 0 saturated carbocycles. The van der Waals surface area contributed by atoms with E-state index in [1.165, 1.54) is 0 Å². The number of hydrogen-bond donors (Lipinski definition) is 2. The predicted octanol–water partition coefficient (Wildman–Crippen LogP) is 1.38. The van der Waals surface area contributed by atoms with Crippen LogP contribution in [0.15, 0.2) is 28.7 Å². The molecule has 2 N–H and O–H groups in total. The number of rotatable bonds is 4. The van der Waals surface area contributed by atoms with E-state index in [2.05, 4.69) is 32.8 Å². The number of nitrogens with zero attached hydrogens (tertiary/aromatic N) is 2. The molecule has 1 aromatic rings. The maximum absolute atomic E-state index is 12.0. The second-order valence-corrected chi connectivity index (χ2v) is 6.82. The quantitative estimate of drug-likeness (QED) is 0.777. The maximum atomic E-state index is 12.0. The Morgan fingerprint density at radius 2 is 2.22 bits per heavy atom. The van der Waals surface area contributed by atoms with E-state index in [-0.39, 0.29) is 36.5 Å². The third-order valence-electron chi connectivity index (χ3n) is 4.49. The van der Waals surface area contributed by atoms with Gasteiger partial charge in [-0.1, -0.05) is 22.0 Å². The summed E-state index contributed by atoms with van der Waals surface area (Å²) in [5.41, 5.74) is 0.503. The van der Waals surface area contributed by atoms with Crippen LogP contribution in [0, 0.1) is 11.5 Å². The van der Waals surface area contributed by atoms with Gasteiger partial charge in [0.25, 0.3) is 5.91 Å². The Hall–Kier alpha value is -2.07. The topological polar surface area (TPSA) is 85.2 Å². The van der Waals surface area contributed by atoms with E-state index in [9.17, 15) is 9.59 Å². The molecule has 2 saturated heterocycles. The van der Waals surface area contributed by atoms with Gasteiger partial charge in [0.05, 0.1) is 18.6 Å². The smallest absolute Gasteiger partial charge is 0.251 e. The highest BCUT2D eigenvalue weighted by Gasteiger charge is 2.46. The third kappa shape index (κ3) is 3.32. The molecule has 2 aliphatic rings. The molecule has 2 amide bonds. The average molecular weight is 377 g/mol. The fraction of sp³-hybridized carbons (Fsp3) is 0.438. The van der Waals surface area contributed by atoms with Gasteiger partial charge in [-0.05, 0) is 37.5 Å². The average Bonchev–Trinajstić information content (AvgIpc) is 3.09. The molecule has 0 aromatic heterocycles. The van der Waals surface area contributed by atoms with Crippen LogP contribution in [-0.4, -0.2) is 41.4 Å². The van der Waals surface area contributed by atoms with Crippen LogP contribution in [0.5, 0.6) is 0 Å². The number of benzene rings is 1. The number of nitriles is 1. The molecule has 2 fully saturated rings. The van der Waals surface area contributed by atoms with Crippen LogP contribution < -0.4 is 10.6 Å². The van der Waals surface area contributed by atoms with E-state index in [1.807, 2.05) is 6.07 Å². The van der Waals surface area contributed by atoms with Crippen LogP contribution in [-0.2, 0) is 4.79 Å². The molecule has 0 spiro atoms. The molecule has 120 valence electrons. The van der Waals surface area contributed by atoms with Gasteiger partial charge in [-0.25, -0.2) is 0 Å². The Balaban J connectivity index is 1.49. The number of carbonyl (C=O) groups excluding carboxylic acids is 2. The number of hydrogen-bond acceptors (Lipinski definition) is 4. The predicted molar refractivity (Wildman–Crippen MR) is 87.3 cm³/mol. The van der Waals surface area contributed by atoms with Gasteiger partial charge < -0.3 is 15.5 Å². The van der Waals surface area contributed by atoms with Crippen LogP contribution in [0.25, 0.3) is 0 Å². The van der Waals surface area contributed by atoms with E-state index >= 15 is 0 Å². The van der Waals surface area contributed by atoms with Crippen LogP contribution in [0.3, 0.4) is 0 Å². The molecular formula is C16H17BrN4O2. The van der Waals surface area contributed by atoms with Gasteiger partial charge in [0.2, 0.25) is 5.91 Å². The van der Waals surface area contributed by atoms with E-state index < -0.39 is 0 Å². The SMILES string of the molecule is N#CN1[C@H]2CC[C@@H]1[C@H](NC(=O)CNC(=O)c1cccc(Br)c1)C2. The molecule has 3 atom stereocenters. The lowest BCUT2D eigenvalue weighted by molar-refractivity contribution is -0.121. The number of fused-ring (bicyclic) bond motifs is 2. The zero-order chi connectivity index (χ0) is 16.4. The molecule has 2 heterocycles. The summed E-state index contributed by atoms with van der Waals surface area (Å²) in [4.78, 5) is 25.8. The van der Waals surface area contributed by atoms with Crippen LogP contribution >= 0.6 is 15.9 Å². The van der Waals surface area contributed by atoms with Crippen LogP contribution in [0.2, 0.25) is 0 Å². The van der Waals surface area contributed by atoms with Gasteiger partial charge in [-0.3, -0.25) is 9.59 Å². The molecule has 1 aromatic carbocycles. The van der Waals surface area contributed by atoms with Crippen molar-refractivity contribution < 1.29 is 9.59 Å². The zero-order valence-electron chi connectivity index (χ0n) is 12.5. The second kappa shape index (κ2) is 6.59. The lowest BCUT2D eigenvalue weighted by Crippen LogP contribution is -2.46. The Bertz CT molecular complexity index is 672. The molecule has 3 rings (SSSR count). The first-order valence-corrected chi connectivity index (χ1v) is 8.39. The van der Waals surface area contributed by atoms with Gasteiger partial charge in [0, 0.05) is 16.1 Å². The van der Waals surface area contributed by atoms with Crippen molar-refractivity contribution in [3.05, 3.63) is 34.3 Å². The molecular weight excluding hydrogens is 360 g/mol. The van der Waals surface area contributed by atoms with Gasteiger partial charge >= 0.3 is 0 Å². The lowest BCUT2D eigenvalue weighted by Gasteiger charge is -2.21. The largest absolute Gasteiger partial charge is 0.350 e. The van der Waals surface area contributed by atoms with Crippen molar-refractivity contribution in [1.82, 2.24) is 15.5 Å². The monoisotopic (exact) mass is 376 g/mol.